The van der Waals surface area contributed by atoms with E-state index in [2.05, 4.69) is 10.4 Å². The predicted octanol–water partition coefficient (Wildman–Crippen LogP) is 2.55. The Morgan fingerprint density at radius 3 is 2.23 bits per heavy atom. The largest absolute Gasteiger partial charge is 0.322 e. The molecule has 140 valence electrons. The van der Waals surface area contributed by atoms with E-state index in [4.69, 9.17) is 0 Å². The van der Waals surface area contributed by atoms with Crippen LogP contribution in [0.2, 0.25) is 0 Å². The fourth-order valence-corrected chi connectivity index (χ4v) is 4.58. The zero-order valence-corrected chi connectivity index (χ0v) is 15.9. The number of hydrogen-bond donors (Lipinski definition) is 1. The highest BCUT2D eigenvalue weighted by atomic mass is 32.2. The van der Waals surface area contributed by atoms with Crippen LogP contribution in [-0.2, 0) is 17.1 Å². The van der Waals surface area contributed by atoms with E-state index < -0.39 is 10.0 Å². The van der Waals surface area contributed by atoms with Crippen LogP contribution in [0.1, 0.15) is 41.7 Å². The Hall–Kier alpha value is -2.19. The minimum Gasteiger partial charge on any atom is -0.322 e. The lowest BCUT2D eigenvalue weighted by Crippen LogP contribution is -2.31. The first-order valence-corrected chi connectivity index (χ1v) is 10.2. The molecule has 0 saturated carbocycles. The second-order valence-corrected chi connectivity index (χ2v) is 8.50. The van der Waals surface area contributed by atoms with E-state index in [-0.39, 0.29) is 10.8 Å². The maximum absolute atomic E-state index is 12.8. The average Bonchev–Trinajstić information content (AvgIpc) is 2.83. The molecule has 0 bridgehead atoms. The topological polar surface area (TPSA) is 84.3 Å². The van der Waals surface area contributed by atoms with E-state index in [0.717, 1.165) is 31.4 Å². The van der Waals surface area contributed by atoms with E-state index in [1.54, 1.807) is 40.3 Å². The van der Waals surface area contributed by atoms with Crippen molar-refractivity contribution in [3.63, 3.8) is 0 Å². The summed E-state index contributed by atoms with van der Waals surface area (Å²) in [7, 11) is -1.71. The number of anilines is 1. The standard InChI is InChI=1S/C18H24N4O3S/c1-14-17(13-19-21(14)2)18(23)20-15-7-9-16(10-8-15)26(24,25)22-11-5-3-4-6-12-22/h7-10,13H,3-6,11-12H2,1-2H3,(H,20,23). The van der Waals surface area contributed by atoms with E-state index in [1.165, 1.54) is 6.20 Å². The minimum atomic E-state index is -3.48. The van der Waals surface area contributed by atoms with Crippen LogP contribution in [0.4, 0.5) is 5.69 Å². The van der Waals surface area contributed by atoms with Gasteiger partial charge in [0, 0.05) is 31.5 Å². The fraction of sp³-hybridized carbons (Fsp3) is 0.444. The molecule has 0 spiro atoms. The second-order valence-electron chi connectivity index (χ2n) is 6.56. The van der Waals surface area contributed by atoms with Crippen LogP contribution in [0.3, 0.4) is 0 Å². The molecule has 1 N–H and O–H groups in total. The SMILES string of the molecule is Cc1c(C(=O)Nc2ccc(S(=O)(=O)N3CCCCCC3)cc2)cnn1C. The van der Waals surface area contributed by atoms with Gasteiger partial charge in [0.25, 0.3) is 5.91 Å². The van der Waals surface area contributed by atoms with E-state index in [0.29, 0.717) is 24.3 Å². The zero-order chi connectivity index (χ0) is 18.7. The van der Waals surface area contributed by atoms with Crippen LogP contribution in [0.15, 0.2) is 35.4 Å². The highest BCUT2D eigenvalue weighted by molar-refractivity contribution is 7.89. The fourth-order valence-electron chi connectivity index (χ4n) is 3.06. The molecule has 26 heavy (non-hydrogen) atoms. The van der Waals surface area contributed by atoms with Gasteiger partial charge in [-0.25, -0.2) is 8.42 Å². The lowest BCUT2D eigenvalue weighted by Gasteiger charge is -2.20. The van der Waals surface area contributed by atoms with Gasteiger partial charge in [0.1, 0.15) is 0 Å². The summed E-state index contributed by atoms with van der Waals surface area (Å²) in [4.78, 5) is 12.6. The molecule has 2 aromatic rings. The van der Waals surface area contributed by atoms with Gasteiger partial charge in [-0.05, 0) is 44.0 Å². The Kier molecular flexibility index (Phi) is 5.43. The normalized spacial score (nSPS) is 16.2. The molecule has 1 aliphatic heterocycles. The number of aromatic nitrogens is 2. The molecule has 2 heterocycles. The summed E-state index contributed by atoms with van der Waals surface area (Å²) < 4.78 is 28.7. The third kappa shape index (κ3) is 3.81. The van der Waals surface area contributed by atoms with Gasteiger partial charge in [-0.1, -0.05) is 12.8 Å². The van der Waals surface area contributed by atoms with Crippen molar-refractivity contribution in [2.45, 2.75) is 37.5 Å². The predicted molar refractivity (Wildman–Crippen MR) is 99.6 cm³/mol. The molecule has 8 heteroatoms. The summed E-state index contributed by atoms with van der Waals surface area (Å²) in [6.07, 6.45) is 5.47. The van der Waals surface area contributed by atoms with Crippen molar-refractivity contribution in [1.29, 1.82) is 0 Å². The number of nitrogens with one attached hydrogen (secondary N) is 1. The van der Waals surface area contributed by atoms with Gasteiger partial charge in [0.2, 0.25) is 10.0 Å². The number of carbonyl (C=O) groups is 1. The number of hydrogen-bond acceptors (Lipinski definition) is 4. The molecule has 1 saturated heterocycles. The third-order valence-corrected chi connectivity index (χ3v) is 6.71. The van der Waals surface area contributed by atoms with E-state index >= 15 is 0 Å². The number of carbonyl (C=O) groups excluding carboxylic acids is 1. The van der Waals surface area contributed by atoms with Crippen molar-refractivity contribution in [1.82, 2.24) is 14.1 Å². The number of amides is 1. The quantitative estimate of drug-likeness (QED) is 0.889. The Bertz CT molecular complexity index is 880. The van der Waals surface area contributed by atoms with Crippen LogP contribution in [0, 0.1) is 6.92 Å². The van der Waals surface area contributed by atoms with Gasteiger partial charge < -0.3 is 5.32 Å². The smallest absolute Gasteiger partial charge is 0.259 e. The van der Waals surface area contributed by atoms with Crippen LogP contribution < -0.4 is 5.32 Å². The maximum atomic E-state index is 12.8. The summed E-state index contributed by atoms with van der Waals surface area (Å²) in [5.74, 6) is -0.265. The first-order valence-electron chi connectivity index (χ1n) is 8.80. The van der Waals surface area contributed by atoms with Crippen LogP contribution >= 0.6 is 0 Å². The van der Waals surface area contributed by atoms with Gasteiger partial charge in [-0.3, -0.25) is 9.48 Å². The first-order chi connectivity index (χ1) is 12.4. The number of benzene rings is 1. The maximum Gasteiger partial charge on any atom is 0.259 e. The average molecular weight is 376 g/mol. The summed E-state index contributed by atoms with van der Waals surface area (Å²) in [5, 5.41) is 6.84. The number of aryl methyl sites for hydroxylation is 1. The van der Waals surface area contributed by atoms with Crippen molar-refractivity contribution in [2.75, 3.05) is 18.4 Å². The van der Waals surface area contributed by atoms with Crippen molar-refractivity contribution >= 4 is 21.6 Å². The lowest BCUT2D eigenvalue weighted by molar-refractivity contribution is 0.102. The van der Waals surface area contributed by atoms with Gasteiger partial charge in [0.05, 0.1) is 16.7 Å². The molecule has 1 amide bonds. The lowest BCUT2D eigenvalue weighted by atomic mass is 10.2. The van der Waals surface area contributed by atoms with Crippen molar-refractivity contribution in [3.8, 4) is 0 Å². The van der Waals surface area contributed by atoms with Gasteiger partial charge in [-0.2, -0.15) is 9.40 Å². The molecule has 1 aromatic heterocycles. The van der Waals surface area contributed by atoms with Gasteiger partial charge in [0.15, 0.2) is 0 Å². The molecule has 1 aliphatic rings. The highest BCUT2D eigenvalue weighted by Gasteiger charge is 2.25. The highest BCUT2D eigenvalue weighted by Crippen LogP contribution is 2.22. The summed E-state index contributed by atoms with van der Waals surface area (Å²) in [5.41, 5.74) is 1.81. The van der Waals surface area contributed by atoms with Crippen LogP contribution in [0.5, 0.6) is 0 Å². The second kappa shape index (κ2) is 7.59. The Morgan fingerprint density at radius 2 is 1.69 bits per heavy atom. The van der Waals surface area contributed by atoms with E-state index in [9.17, 15) is 13.2 Å². The third-order valence-electron chi connectivity index (χ3n) is 4.79. The molecule has 3 rings (SSSR count). The molecule has 0 radical (unpaired) electrons. The molecule has 1 fully saturated rings. The summed E-state index contributed by atoms with van der Waals surface area (Å²) in [6.45, 7) is 2.96. The summed E-state index contributed by atoms with van der Waals surface area (Å²) in [6, 6.07) is 6.33. The number of rotatable bonds is 4. The number of sulfonamides is 1. The van der Waals surface area contributed by atoms with Crippen molar-refractivity contribution in [2.24, 2.45) is 7.05 Å². The van der Waals surface area contributed by atoms with Gasteiger partial charge in [-0.15, -0.1) is 0 Å². The Balaban J connectivity index is 1.73. The van der Waals surface area contributed by atoms with Gasteiger partial charge >= 0.3 is 0 Å². The minimum absolute atomic E-state index is 0.259. The Morgan fingerprint density at radius 1 is 1.08 bits per heavy atom. The Labute approximate surface area is 154 Å². The van der Waals surface area contributed by atoms with Crippen LogP contribution in [-0.4, -0.2) is 41.5 Å². The molecular formula is C18H24N4O3S. The first kappa shape index (κ1) is 18.6. The monoisotopic (exact) mass is 376 g/mol. The molecule has 1 aromatic carbocycles. The van der Waals surface area contributed by atoms with Crippen LogP contribution in [0.25, 0.3) is 0 Å². The molecular weight excluding hydrogens is 352 g/mol. The van der Waals surface area contributed by atoms with E-state index in [1.807, 2.05) is 6.92 Å². The van der Waals surface area contributed by atoms with Crippen molar-refractivity contribution < 1.29 is 13.2 Å². The molecule has 0 aliphatic carbocycles. The summed E-state index contributed by atoms with van der Waals surface area (Å²) >= 11 is 0. The number of nitrogens with zero attached hydrogens (tertiary/aromatic N) is 3. The molecule has 0 atom stereocenters. The molecule has 0 unspecified atom stereocenters. The zero-order valence-electron chi connectivity index (χ0n) is 15.1. The van der Waals surface area contributed by atoms with Crippen molar-refractivity contribution in [3.05, 3.63) is 41.7 Å². The molecule has 7 nitrogen and oxygen atoms in total.